The number of benzene rings is 6. The minimum Gasteiger partial charge on any atom is -0.353 e. The number of aryl methyl sites for hydroxylation is 1. The molecular formula is C42H30BF2N3. The van der Waals surface area contributed by atoms with Crippen molar-refractivity contribution in [3.05, 3.63) is 150 Å². The highest BCUT2D eigenvalue weighted by Gasteiger charge is 2.50. The molecule has 2 aliphatic heterocycles. The van der Waals surface area contributed by atoms with Gasteiger partial charge in [-0.15, -0.1) is 0 Å². The number of fused-ring (bicyclic) bond motifs is 10. The lowest BCUT2D eigenvalue weighted by Crippen LogP contribution is -2.63. The Morgan fingerprint density at radius 2 is 1.12 bits per heavy atom. The van der Waals surface area contributed by atoms with Crippen LogP contribution in [-0.4, -0.2) is 11.3 Å². The average molecular weight is 626 g/mol. The van der Waals surface area contributed by atoms with Crippen molar-refractivity contribution in [3.8, 4) is 11.1 Å². The van der Waals surface area contributed by atoms with E-state index in [1.807, 2.05) is 30.3 Å². The molecule has 0 N–H and O–H groups in total. The van der Waals surface area contributed by atoms with Crippen LogP contribution in [0.2, 0.25) is 0 Å². The number of aromatic nitrogens is 1. The van der Waals surface area contributed by atoms with Crippen LogP contribution in [-0.2, 0) is 12.5 Å². The van der Waals surface area contributed by atoms with Gasteiger partial charge in [-0.2, -0.15) is 0 Å². The Kier molecular flexibility index (Phi) is 5.43. The highest BCUT2D eigenvalue weighted by atomic mass is 19.1. The Balaban J connectivity index is 1.42. The van der Waals surface area contributed by atoms with E-state index in [4.69, 9.17) is 0 Å². The fraction of sp³-hybridized carbons (Fsp3) is 0.0952. The summed E-state index contributed by atoms with van der Waals surface area (Å²) in [5.41, 5.74) is 13.7. The zero-order chi connectivity index (χ0) is 32.5. The van der Waals surface area contributed by atoms with E-state index < -0.39 is 0 Å². The smallest absolute Gasteiger partial charge is 0.273 e. The maximum atomic E-state index is 16.0. The summed E-state index contributed by atoms with van der Waals surface area (Å²) in [4.78, 5) is 4.18. The summed E-state index contributed by atoms with van der Waals surface area (Å²) in [6, 6.07) is 41.7. The fourth-order valence-corrected chi connectivity index (χ4v) is 8.93. The Bertz CT molecular complexity index is 2510. The van der Waals surface area contributed by atoms with Crippen LogP contribution in [0, 0.1) is 11.6 Å². The molecule has 3 nitrogen and oxygen atoms in total. The van der Waals surface area contributed by atoms with Gasteiger partial charge in [0.25, 0.3) is 6.71 Å². The SMILES string of the molecule is Cn1c2c(c3ccccc31)N(c1ccccc1F)c1cccc3c1B2c1c(ccc2c1-c1ccccc1C2(C)C)N3c1ccccc1F. The maximum absolute atomic E-state index is 16.0. The third-order valence-corrected chi connectivity index (χ3v) is 10.9. The van der Waals surface area contributed by atoms with Gasteiger partial charge in [-0.3, -0.25) is 0 Å². The van der Waals surface area contributed by atoms with E-state index in [-0.39, 0.29) is 23.8 Å². The third-order valence-electron chi connectivity index (χ3n) is 10.9. The molecule has 6 aromatic carbocycles. The molecule has 230 valence electrons. The van der Waals surface area contributed by atoms with Gasteiger partial charge < -0.3 is 14.4 Å². The lowest BCUT2D eigenvalue weighted by Gasteiger charge is -2.44. The van der Waals surface area contributed by atoms with Gasteiger partial charge in [-0.05, 0) is 81.7 Å². The predicted molar refractivity (Wildman–Crippen MR) is 194 cm³/mol. The van der Waals surface area contributed by atoms with Crippen molar-refractivity contribution in [2.45, 2.75) is 19.3 Å². The Morgan fingerprint density at radius 1 is 0.542 bits per heavy atom. The molecule has 0 atom stereocenters. The largest absolute Gasteiger partial charge is 0.353 e. The van der Waals surface area contributed by atoms with Crippen LogP contribution >= 0.6 is 0 Å². The summed E-state index contributed by atoms with van der Waals surface area (Å²) in [6.45, 7) is 4.38. The molecule has 7 aromatic rings. The molecule has 0 fully saturated rings. The van der Waals surface area contributed by atoms with Crippen molar-refractivity contribution < 1.29 is 8.78 Å². The summed E-state index contributed by atoms with van der Waals surface area (Å²) in [5, 5.41) is 1.06. The van der Waals surface area contributed by atoms with Crippen molar-refractivity contribution in [2.24, 2.45) is 7.05 Å². The molecule has 6 heteroatoms. The van der Waals surface area contributed by atoms with Crippen LogP contribution in [0.4, 0.5) is 42.9 Å². The molecule has 10 rings (SSSR count). The van der Waals surface area contributed by atoms with Gasteiger partial charge in [0.1, 0.15) is 11.6 Å². The second-order valence-electron chi connectivity index (χ2n) is 13.6. The molecule has 0 spiro atoms. The van der Waals surface area contributed by atoms with Crippen molar-refractivity contribution in [3.63, 3.8) is 0 Å². The van der Waals surface area contributed by atoms with Gasteiger partial charge in [-0.25, -0.2) is 8.78 Å². The van der Waals surface area contributed by atoms with Crippen LogP contribution in [0.15, 0.2) is 127 Å². The molecule has 0 saturated carbocycles. The normalized spacial score (nSPS) is 14.8. The molecule has 1 aliphatic carbocycles. The van der Waals surface area contributed by atoms with Crippen LogP contribution in [0.5, 0.6) is 0 Å². The molecular weight excluding hydrogens is 595 g/mol. The van der Waals surface area contributed by atoms with Gasteiger partial charge in [0.15, 0.2) is 0 Å². The Labute approximate surface area is 278 Å². The number of hydrogen-bond donors (Lipinski definition) is 0. The van der Waals surface area contributed by atoms with E-state index in [9.17, 15) is 0 Å². The zero-order valence-corrected chi connectivity index (χ0v) is 26.8. The number of para-hydroxylation sites is 3. The first-order valence-corrected chi connectivity index (χ1v) is 16.4. The molecule has 0 unspecified atom stereocenters. The molecule has 3 heterocycles. The number of halogens is 2. The van der Waals surface area contributed by atoms with Crippen LogP contribution in [0.25, 0.3) is 22.0 Å². The van der Waals surface area contributed by atoms with Gasteiger partial charge in [-0.1, -0.05) is 92.7 Å². The minimum atomic E-state index is -0.300. The number of anilines is 6. The molecule has 1 aromatic heterocycles. The van der Waals surface area contributed by atoms with Gasteiger partial charge in [0.2, 0.25) is 0 Å². The van der Waals surface area contributed by atoms with Crippen LogP contribution in [0.3, 0.4) is 0 Å². The summed E-state index contributed by atoms with van der Waals surface area (Å²) in [7, 11) is 2.12. The second-order valence-corrected chi connectivity index (χ2v) is 13.6. The lowest BCUT2D eigenvalue weighted by molar-refractivity contribution is 0.629. The van der Waals surface area contributed by atoms with E-state index in [1.54, 1.807) is 12.1 Å². The van der Waals surface area contributed by atoms with E-state index in [0.29, 0.717) is 11.4 Å². The Morgan fingerprint density at radius 3 is 1.88 bits per heavy atom. The summed E-state index contributed by atoms with van der Waals surface area (Å²) >= 11 is 0. The Hall–Kier alpha value is -5.62. The van der Waals surface area contributed by atoms with Crippen molar-refractivity contribution >= 4 is 68.3 Å². The van der Waals surface area contributed by atoms with E-state index in [2.05, 4.69) is 108 Å². The molecule has 0 saturated heterocycles. The molecule has 0 amide bonds. The first-order chi connectivity index (χ1) is 23.4. The van der Waals surface area contributed by atoms with Gasteiger partial charge >= 0.3 is 0 Å². The number of rotatable bonds is 2. The highest BCUT2D eigenvalue weighted by Crippen LogP contribution is 2.53. The first kappa shape index (κ1) is 27.5. The van der Waals surface area contributed by atoms with Crippen LogP contribution < -0.4 is 26.3 Å². The van der Waals surface area contributed by atoms with Crippen LogP contribution in [0.1, 0.15) is 25.0 Å². The minimum absolute atomic E-state index is 0.207. The molecule has 3 aliphatic rings. The third kappa shape index (κ3) is 3.32. The standard InChI is InChI=1S/C42H30BF2N3/c1-42(2)27-15-6-4-13-25(27)37-28(42)23-24-36-39(37)43-38-34(47(36)32-19-10-7-16-29(32)44)21-12-22-35(38)48(33-20-11-8-17-30(33)45)40-26-14-5-9-18-31(26)46(3)41(40)43/h4-24H,1-3H3. The topological polar surface area (TPSA) is 11.4 Å². The number of nitrogens with zero attached hydrogens (tertiary/aromatic N) is 3. The van der Waals surface area contributed by atoms with Crippen molar-refractivity contribution in [1.29, 1.82) is 0 Å². The summed E-state index contributed by atoms with van der Waals surface area (Å²) in [5.74, 6) is -0.598. The van der Waals surface area contributed by atoms with Crippen molar-refractivity contribution in [1.82, 2.24) is 4.57 Å². The van der Waals surface area contributed by atoms with E-state index in [0.717, 1.165) is 50.2 Å². The van der Waals surface area contributed by atoms with E-state index in [1.165, 1.54) is 34.4 Å². The molecule has 0 bridgehead atoms. The summed E-state index contributed by atoms with van der Waals surface area (Å²) < 4.78 is 34.3. The second kappa shape index (κ2) is 9.48. The van der Waals surface area contributed by atoms with Gasteiger partial charge in [0.05, 0.1) is 17.1 Å². The predicted octanol–water partition coefficient (Wildman–Crippen LogP) is 8.85. The highest BCUT2D eigenvalue weighted by molar-refractivity contribution is 7.01. The maximum Gasteiger partial charge on any atom is 0.273 e. The zero-order valence-electron chi connectivity index (χ0n) is 26.8. The quantitative estimate of drug-likeness (QED) is 0.178. The van der Waals surface area contributed by atoms with Gasteiger partial charge in [0, 0.05) is 46.0 Å². The number of hydrogen-bond acceptors (Lipinski definition) is 2. The lowest BCUT2D eigenvalue weighted by atomic mass is 9.34. The average Bonchev–Trinajstić information content (AvgIpc) is 3.53. The monoisotopic (exact) mass is 625 g/mol. The first-order valence-electron chi connectivity index (χ1n) is 16.4. The van der Waals surface area contributed by atoms with Crippen molar-refractivity contribution in [2.75, 3.05) is 9.80 Å². The molecule has 0 radical (unpaired) electrons. The fourth-order valence-electron chi connectivity index (χ4n) is 8.93. The van der Waals surface area contributed by atoms with E-state index >= 15 is 8.78 Å². The molecule has 48 heavy (non-hydrogen) atoms. The summed E-state index contributed by atoms with van der Waals surface area (Å²) in [6.07, 6.45) is 0.